The molecular weight excluding hydrogens is 484 g/mol. The first kappa shape index (κ1) is 27.7. The lowest BCUT2D eigenvalue weighted by molar-refractivity contribution is -0.139. The fourth-order valence-corrected chi connectivity index (χ4v) is 4.46. The number of alkyl halides is 2. The maximum atomic E-state index is 13.7. The molecule has 0 atom stereocenters. The Bertz CT molecular complexity index is 1290. The molecule has 5 nitrogen and oxygen atoms in total. The summed E-state index contributed by atoms with van der Waals surface area (Å²) in [7, 11) is 0. The average Bonchev–Trinajstić information content (AvgIpc) is 2.83. The standard InChI is InChI=1S/C28H32ClF2N3O2/c1-6-28(7-2,25(30)31)22(35)14-12-17-11-13-21(29)20(15-17)24-32-23(33-26(36)34-24)18-9-8-10-19(16-18)27(3,4)5/h8-11,13,15-16,25H,6-7,12,14H2,1-5H3,(H,32,33,34,36). The van der Waals surface area contributed by atoms with Crippen LogP contribution in [-0.2, 0) is 16.6 Å². The van der Waals surface area contributed by atoms with Gasteiger partial charge in [0.05, 0.1) is 10.4 Å². The van der Waals surface area contributed by atoms with Crippen molar-refractivity contribution in [1.29, 1.82) is 0 Å². The number of nitrogens with zero attached hydrogens (tertiary/aromatic N) is 2. The van der Waals surface area contributed by atoms with E-state index in [0.717, 1.165) is 11.1 Å². The smallest absolute Gasteiger partial charge is 0.299 e. The maximum Gasteiger partial charge on any atom is 0.348 e. The van der Waals surface area contributed by atoms with Crippen molar-refractivity contribution in [3.63, 3.8) is 0 Å². The molecule has 192 valence electrons. The molecule has 0 aliphatic rings. The van der Waals surface area contributed by atoms with Crippen LogP contribution in [-0.4, -0.2) is 27.2 Å². The number of aromatic amines is 1. The monoisotopic (exact) mass is 515 g/mol. The van der Waals surface area contributed by atoms with Crippen molar-refractivity contribution in [1.82, 2.24) is 15.0 Å². The molecule has 2 aromatic carbocycles. The van der Waals surface area contributed by atoms with Crippen LogP contribution >= 0.6 is 11.6 Å². The Hall–Kier alpha value is -2.93. The van der Waals surface area contributed by atoms with Gasteiger partial charge in [-0.25, -0.2) is 18.6 Å². The van der Waals surface area contributed by atoms with E-state index in [2.05, 4.69) is 35.7 Å². The van der Waals surface area contributed by atoms with Crippen LogP contribution in [0.3, 0.4) is 0 Å². The molecule has 8 heteroatoms. The van der Waals surface area contributed by atoms with Gasteiger partial charge in [0.15, 0.2) is 5.82 Å². The van der Waals surface area contributed by atoms with Crippen LogP contribution in [0.4, 0.5) is 8.78 Å². The average molecular weight is 516 g/mol. The van der Waals surface area contributed by atoms with Gasteiger partial charge in [0.2, 0.25) is 0 Å². The van der Waals surface area contributed by atoms with Gasteiger partial charge >= 0.3 is 5.69 Å². The van der Waals surface area contributed by atoms with E-state index < -0.39 is 23.3 Å². The van der Waals surface area contributed by atoms with Gasteiger partial charge in [-0.15, -0.1) is 0 Å². The minimum atomic E-state index is -2.71. The largest absolute Gasteiger partial charge is 0.348 e. The normalized spacial score (nSPS) is 12.2. The van der Waals surface area contributed by atoms with Crippen LogP contribution in [0.2, 0.25) is 5.02 Å². The third-order valence-electron chi connectivity index (χ3n) is 6.80. The van der Waals surface area contributed by atoms with Gasteiger partial charge < -0.3 is 0 Å². The van der Waals surface area contributed by atoms with Crippen molar-refractivity contribution in [2.24, 2.45) is 5.41 Å². The van der Waals surface area contributed by atoms with Gasteiger partial charge in [0.25, 0.3) is 6.43 Å². The van der Waals surface area contributed by atoms with Crippen LogP contribution in [0.1, 0.15) is 65.0 Å². The first-order valence-electron chi connectivity index (χ1n) is 12.1. The Morgan fingerprint density at radius 1 is 1.06 bits per heavy atom. The Kier molecular flexibility index (Phi) is 8.44. The van der Waals surface area contributed by atoms with E-state index in [0.29, 0.717) is 16.1 Å². The van der Waals surface area contributed by atoms with Gasteiger partial charge in [-0.05, 0) is 54.0 Å². The number of nitrogens with one attached hydrogen (secondary N) is 1. The molecule has 0 saturated heterocycles. The minimum absolute atomic E-state index is 0.0156. The van der Waals surface area contributed by atoms with Crippen LogP contribution in [0.15, 0.2) is 47.3 Å². The van der Waals surface area contributed by atoms with Crippen LogP contribution < -0.4 is 5.69 Å². The summed E-state index contributed by atoms with van der Waals surface area (Å²) >= 11 is 6.44. The van der Waals surface area contributed by atoms with E-state index in [1.54, 1.807) is 32.0 Å². The Morgan fingerprint density at radius 3 is 2.36 bits per heavy atom. The third-order valence-corrected chi connectivity index (χ3v) is 7.13. The second kappa shape index (κ2) is 11.0. The topological polar surface area (TPSA) is 75.7 Å². The van der Waals surface area contributed by atoms with Crippen molar-refractivity contribution >= 4 is 17.4 Å². The molecule has 3 aromatic rings. The quantitative estimate of drug-likeness (QED) is 0.332. The summed E-state index contributed by atoms with van der Waals surface area (Å²) in [6.45, 7) is 9.53. The number of halogens is 3. The van der Waals surface area contributed by atoms with Crippen LogP contribution in [0.25, 0.3) is 22.8 Å². The number of hydrogen-bond acceptors (Lipinski definition) is 4. The van der Waals surface area contributed by atoms with Gasteiger partial charge in [0.1, 0.15) is 11.6 Å². The summed E-state index contributed by atoms with van der Waals surface area (Å²) in [5.41, 5.74) is 0.704. The summed E-state index contributed by atoms with van der Waals surface area (Å²) in [6.07, 6.45) is -2.27. The van der Waals surface area contributed by atoms with Crippen molar-refractivity contribution in [2.75, 3.05) is 0 Å². The van der Waals surface area contributed by atoms with Crippen molar-refractivity contribution in [3.05, 3.63) is 69.1 Å². The Morgan fingerprint density at radius 2 is 1.75 bits per heavy atom. The number of H-pyrrole nitrogens is 1. The zero-order valence-electron chi connectivity index (χ0n) is 21.3. The number of ketones is 1. The fraction of sp³-hybridized carbons (Fsp3) is 0.429. The van der Waals surface area contributed by atoms with Gasteiger partial charge in [0, 0.05) is 17.5 Å². The number of carbonyl (C=O) groups excluding carboxylic acids is 1. The molecule has 1 heterocycles. The first-order valence-corrected chi connectivity index (χ1v) is 12.5. The predicted octanol–water partition coefficient (Wildman–Crippen LogP) is 7.02. The molecule has 36 heavy (non-hydrogen) atoms. The van der Waals surface area contributed by atoms with Crippen molar-refractivity contribution in [2.45, 2.75) is 72.1 Å². The van der Waals surface area contributed by atoms with Crippen LogP contribution in [0.5, 0.6) is 0 Å². The highest BCUT2D eigenvalue weighted by Crippen LogP contribution is 2.37. The summed E-state index contributed by atoms with van der Waals surface area (Å²) in [5.74, 6) is 0.0629. The third kappa shape index (κ3) is 5.89. The fourth-order valence-electron chi connectivity index (χ4n) is 4.26. The minimum Gasteiger partial charge on any atom is -0.299 e. The number of hydrogen-bond donors (Lipinski definition) is 1. The molecule has 0 spiro atoms. The number of aryl methyl sites for hydroxylation is 1. The summed E-state index contributed by atoms with van der Waals surface area (Å²) < 4.78 is 27.4. The molecule has 1 N–H and O–H groups in total. The highest BCUT2D eigenvalue weighted by molar-refractivity contribution is 6.33. The molecule has 0 fully saturated rings. The first-order chi connectivity index (χ1) is 16.9. The lowest BCUT2D eigenvalue weighted by atomic mass is 9.76. The van der Waals surface area contributed by atoms with E-state index >= 15 is 0 Å². The summed E-state index contributed by atoms with van der Waals surface area (Å²) in [5, 5.41) is 0.359. The number of rotatable bonds is 9. The maximum absolute atomic E-state index is 13.7. The lowest BCUT2D eigenvalue weighted by Crippen LogP contribution is -2.37. The molecular formula is C28H32ClF2N3O2. The lowest BCUT2D eigenvalue weighted by Gasteiger charge is -2.29. The zero-order valence-corrected chi connectivity index (χ0v) is 22.0. The van der Waals surface area contributed by atoms with Gasteiger partial charge in [-0.3, -0.25) is 9.78 Å². The van der Waals surface area contributed by atoms with Gasteiger partial charge in [-0.1, -0.05) is 70.5 Å². The number of benzene rings is 2. The van der Waals surface area contributed by atoms with Gasteiger partial charge in [-0.2, -0.15) is 4.98 Å². The highest BCUT2D eigenvalue weighted by atomic mass is 35.5. The van der Waals surface area contributed by atoms with E-state index in [1.807, 2.05) is 24.3 Å². The van der Waals surface area contributed by atoms with E-state index in [9.17, 15) is 18.4 Å². The Labute approximate surface area is 215 Å². The molecule has 0 saturated carbocycles. The van der Waals surface area contributed by atoms with E-state index in [4.69, 9.17) is 11.6 Å². The zero-order chi connectivity index (χ0) is 26.7. The molecule has 0 radical (unpaired) electrons. The molecule has 0 unspecified atom stereocenters. The molecule has 1 aromatic heterocycles. The SMILES string of the molecule is CCC(CC)(C(=O)CCc1ccc(Cl)c(-c2nc(-c3cccc(C(C)(C)C)c3)nc(=O)[nH]2)c1)C(F)F. The summed E-state index contributed by atoms with van der Waals surface area (Å²) in [4.78, 5) is 36.4. The van der Waals surface area contributed by atoms with E-state index in [-0.39, 0.29) is 42.7 Å². The molecule has 0 bridgehead atoms. The molecule has 0 amide bonds. The Balaban J connectivity index is 1.94. The second-order valence-corrected chi connectivity index (χ2v) is 10.5. The van der Waals surface area contributed by atoms with E-state index in [1.165, 1.54) is 0 Å². The highest BCUT2D eigenvalue weighted by Gasteiger charge is 2.42. The predicted molar refractivity (Wildman–Crippen MR) is 140 cm³/mol. The van der Waals surface area contributed by atoms with Crippen molar-refractivity contribution < 1.29 is 13.6 Å². The number of Topliss-reactive ketones (excluding diaryl/α,β-unsaturated/α-hetero) is 1. The molecule has 3 rings (SSSR count). The number of aromatic nitrogens is 3. The molecule has 0 aliphatic heterocycles. The van der Waals surface area contributed by atoms with Crippen LogP contribution in [0, 0.1) is 5.41 Å². The molecule has 0 aliphatic carbocycles. The second-order valence-electron chi connectivity index (χ2n) is 10.1. The summed E-state index contributed by atoms with van der Waals surface area (Å²) in [6, 6.07) is 12.8. The van der Waals surface area contributed by atoms with Crippen molar-refractivity contribution in [3.8, 4) is 22.8 Å². The number of carbonyl (C=O) groups is 1.